The van der Waals surface area contributed by atoms with E-state index in [1.165, 1.54) is 5.69 Å². The van der Waals surface area contributed by atoms with Gasteiger partial charge in [-0.15, -0.1) is 0 Å². The third-order valence-electron chi connectivity index (χ3n) is 5.81. The molecule has 1 aliphatic carbocycles. The zero-order chi connectivity index (χ0) is 18.3. The molecular weight excluding hydrogens is 350 g/mol. The highest BCUT2D eigenvalue weighted by atomic mass is 32.2. The van der Waals surface area contributed by atoms with E-state index in [1.54, 1.807) is 0 Å². The second-order valence-electron chi connectivity index (χ2n) is 7.41. The molecule has 7 heteroatoms. The van der Waals surface area contributed by atoms with Crippen LogP contribution in [0.1, 0.15) is 26.2 Å². The van der Waals surface area contributed by atoms with Gasteiger partial charge in [-0.3, -0.25) is 9.00 Å². The highest BCUT2D eigenvalue weighted by molar-refractivity contribution is 7.87. The van der Waals surface area contributed by atoms with Crippen LogP contribution in [0.5, 0.6) is 5.75 Å². The first-order valence-electron chi connectivity index (χ1n) is 9.48. The van der Waals surface area contributed by atoms with Crippen LogP contribution < -0.4 is 15.4 Å². The number of rotatable bonds is 7. The van der Waals surface area contributed by atoms with Crippen molar-refractivity contribution < 1.29 is 13.7 Å². The molecule has 2 bridgehead atoms. The Kier molecular flexibility index (Phi) is 4.69. The van der Waals surface area contributed by atoms with Crippen LogP contribution >= 0.6 is 0 Å². The van der Waals surface area contributed by atoms with Crippen LogP contribution in [-0.4, -0.2) is 63.8 Å². The number of fused-ring (bicyclic) bond motifs is 2. The van der Waals surface area contributed by atoms with Gasteiger partial charge in [-0.2, -0.15) is 0 Å². The summed E-state index contributed by atoms with van der Waals surface area (Å²) in [5.74, 6) is 1.41. The molecule has 3 aliphatic rings. The van der Waals surface area contributed by atoms with Gasteiger partial charge in [0.2, 0.25) is 5.91 Å². The van der Waals surface area contributed by atoms with Crippen molar-refractivity contribution >= 4 is 22.4 Å². The van der Waals surface area contributed by atoms with Crippen LogP contribution in [0, 0.1) is 0 Å². The predicted molar refractivity (Wildman–Crippen MR) is 103 cm³/mol. The molecule has 142 valence electrons. The average molecular weight is 378 g/mol. The van der Waals surface area contributed by atoms with Crippen LogP contribution in [0.15, 0.2) is 24.3 Å². The summed E-state index contributed by atoms with van der Waals surface area (Å²) in [4.78, 5) is 17.4. The van der Waals surface area contributed by atoms with E-state index in [4.69, 9.17) is 10.5 Å². The van der Waals surface area contributed by atoms with Gasteiger partial charge in [-0.05, 0) is 50.5 Å². The smallest absolute Gasteiger partial charge is 0.241 e. The van der Waals surface area contributed by atoms with Crippen molar-refractivity contribution in [2.75, 3.05) is 36.9 Å². The number of benzene rings is 1. The molecule has 1 aromatic carbocycles. The zero-order valence-electron chi connectivity index (χ0n) is 15.2. The van der Waals surface area contributed by atoms with Gasteiger partial charge in [0.05, 0.1) is 12.6 Å². The molecular formula is C19H27N3O3S. The summed E-state index contributed by atoms with van der Waals surface area (Å²) in [6.45, 7) is 4.60. The Balaban J connectivity index is 1.42. The Bertz CT molecular complexity index is 704. The monoisotopic (exact) mass is 377 g/mol. The van der Waals surface area contributed by atoms with Crippen LogP contribution in [-0.2, 0) is 15.6 Å². The lowest BCUT2D eigenvalue weighted by atomic mass is 10.2. The van der Waals surface area contributed by atoms with Crippen LogP contribution in [0.25, 0.3) is 0 Å². The second-order valence-corrected chi connectivity index (χ2v) is 9.29. The number of hydrogen-bond donors (Lipinski definition) is 1. The Morgan fingerprint density at radius 2 is 2.00 bits per heavy atom. The van der Waals surface area contributed by atoms with Crippen molar-refractivity contribution in [2.24, 2.45) is 5.73 Å². The van der Waals surface area contributed by atoms with Gasteiger partial charge in [-0.1, -0.05) is 0 Å². The number of likely N-dealkylation sites (tertiary alicyclic amines) is 1. The minimum atomic E-state index is -1.14. The van der Waals surface area contributed by atoms with Crippen molar-refractivity contribution in [3.05, 3.63) is 24.3 Å². The van der Waals surface area contributed by atoms with Gasteiger partial charge in [0.1, 0.15) is 10.5 Å². The standard InChI is InChI=1S/C19H27N3O3S/c1-2-25-17-5-3-14(4-6-17)21-12-16-11-15(21)13-22(16)18(23)19(7-8-19)26(24)10-9-20/h3-6,15-16H,2,7-13,20H2,1H3. The lowest BCUT2D eigenvalue weighted by Gasteiger charge is -2.37. The Morgan fingerprint density at radius 3 is 2.54 bits per heavy atom. The molecule has 1 aromatic rings. The molecule has 0 aromatic heterocycles. The molecule has 2 heterocycles. The first-order chi connectivity index (χ1) is 12.6. The van der Waals surface area contributed by atoms with E-state index in [0.29, 0.717) is 24.9 Å². The number of anilines is 1. The molecule has 3 atom stereocenters. The first-order valence-corrected chi connectivity index (χ1v) is 10.8. The van der Waals surface area contributed by atoms with Crippen molar-refractivity contribution in [3.63, 3.8) is 0 Å². The minimum Gasteiger partial charge on any atom is -0.494 e. The number of hydrogen-bond acceptors (Lipinski definition) is 5. The van der Waals surface area contributed by atoms with E-state index in [2.05, 4.69) is 17.0 Å². The lowest BCUT2D eigenvalue weighted by molar-refractivity contribution is -0.132. The molecule has 2 aliphatic heterocycles. The van der Waals surface area contributed by atoms with Gasteiger partial charge in [0.15, 0.2) is 0 Å². The molecule has 0 radical (unpaired) electrons. The summed E-state index contributed by atoms with van der Waals surface area (Å²) in [5.41, 5.74) is 6.73. The third-order valence-corrected chi connectivity index (χ3v) is 7.87. The Hall–Kier alpha value is -1.60. The van der Waals surface area contributed by atoms with E-state index < -0.39 is 15.5 Å². The molecule has 1 amide bonds. The van der Waals surface area contributed by atoms with Crippen molar-refractivity contribution in [3.8, 4) is 5.75 Å². The fourth-order valence-corrected chi connectivity index (χ4v) is 5.82. The van der Waals surface area contributed by atoms with Gasteiger partial charge in [0, 0.05) is 47.9 Å². The molecule has 0 spiro atoms. The van der Waals surface area contributed by atoms with Crippen molar-refractivity contribution in [1.82, 2.24) is 4.90 Å². The van der Waals surface area contributed by atoms with E-state index in [9.17, 15) is 9.00 Å². The molecule has 2 N–H and O–H groups in total. The maximum atomic E-state index is 13.1. The molecule has 4 rings (SSSR count). The SMILES string of the molecule is CCOc1ccc(N2CC3CC2CN3C(=O)C2(S(=O)CCN)CC2)cc1. The van der Waals surface area contributed by atoms with Gasteiger partial charge in [-0.25, -0.2) is 0 Å². The number of nitrogens with two attached hydrogens (primary N) is 1. The van der Waals surface area contributed by atoms with Crippen molar-refractivity contribution in [1.29, 1.82) is 0 Å². The molecule has 3 fully saturated rings. The van der Waals surface area contributed by atoms with E-state index in [0.717, 1.165) is 38.1 Å². The molecule has 1 saturated carbocycles. The third kappa shape index (κ3) is 2.91. The highest BCUT2D eigenvalue weighted by Gasteiger charge is 2.59. The van der Waals surface area contributed by atoms with E-state index >= 15 is 0 Å². The summed E-state index contributed by atoms with van der Waals surface area (Å²) in [6, 6.07) is 8.77. The fraction of sp³-hybridized carbons (Fsp3) is 0.632. The quantitative estimate of drug-likeness (QED) is 0.771. The second kappa shape index (κ2) is 6.85. The number of ether oxygens (including phenoxy) is 1. The topological polar surface area (TPSA) is 75.9 Å². The number of carbonyl (C=O) groups is 1. The summed E-state index contributed by atoms with van der Waals surface area (Å²) in [7, 11) is -1.14. The lowest BCUT2D eigenvalue weighted by Crippen LogP contribution is -2.53. The molecule has 6 nitrogen and oxygen atoms in total. The fourth-order valence-electron chi connectivity index (χ4n) is 4.35. The summed E-state index contributed by atoms with van der Waals surface area (Å²) >= 11 is 0. The van der Waals surface area contributed by atoms with Crippen LogP contribution in [0.4, 0.5) is 5.69 Å². The minimum absolute atomic E-state index is 0.100. The van der Waals surface area contributed by atoms with E-state index in [-0.39, 0.29) is 11.9 Å². The van der Waals surface area contributed by atoms with Crippen LogP contribution in [0.3, 0.4) is 0 Å². The zero-order valence-corrected chi connectivity index (χ0v) is 16.0. The Labute approximate surface area is 157 Å². The molecule has 3 unspecified atom stereocenters. The summed E-state index contributed by atoms with van der Waals surface area (Å²) in [5, 5.41) is 0. The maximum Gasteiger partial charge on any atom is 0.241 e. The maximum absolute atomic E-state index is 13.1. The predicted octanol–water partition coefficient (Wildman–Crippen LogP) is 1.11. The summed E-state index contributed by atoms with van der Waals surface area (Å²) < 4.78 is 17.3. The van der Waals surface area contributed by atoms with Gasteiger partial charge in [0.25, 0.3) is 0 Å². The highest BCUT2D eigenvalue weighted by Crippen LogP contribution is 2.46. The van der Waals surface area contributed by atoms with Gasteiger partial charge >= 0.3 is 0 Å². The number of carbonyl (C=O) groups excluding carboxylic acids is 1. The van der Waals surface area contributed by atoms with E-state index in [1.807, 2.05) is 24.0 Å². The van der Waals surface area contributed by atoms with Crippen LogP contribution in [0.2, 0.25) is 0 Å². The molecule has 26 heavy (non-hydrogen) atoms. The molecule has 2 saturated heterocycles. The first kappa shape index (κ1) is 17.8. The number of piperazine rings is 1. The normalized spacial score (nSPS) is 26.8. The number of amides is 1. The number of nitrogens with zero attached hydrogens (tertiary/aromatic N) is 2. The van der Waals surface area contributed by atoms with Gasteiger partial charge < -0.3 is 20.3 Å². The Morgan fingerprint density at radius 1 is 1.27 bits per heavy atom. The summed E-state index contributed by atoms with van der Waals surface area (Å²) in [6.07, 6.45) is 2.49. The van der Waals surface area contributed by atoms with Crippen molar-refractivity contribution in [2.45, 2.75) is 43.0 Å². The largest absolute Gasteiger partial charge is 0.494 e. The average Bonchev–Trinajstić information content (AvgIpc) is 3.22.